The van der Waals surface area contributed by atoms with E-state index in [4.69, 9.17) is 9.47 Å². The highest BCUT2D eigenvalue weighted by atomic mass is 16.5. The lowest BCUT2D eigenvalue weighted by molar-refractivity contribution is -0.146. The van der Waals surface area contributed by atoms with Gasteiger partial charge in [0.25, 0.3) is 0 Å². The van der Waals surface area contributed by atoms with Gasteiger partial charge in [0, 0.05) is 0 Å². The van der Waals surface area contributed by atoms with Crippen molar-refractivity contribution in [2.75, 3.05) is 6.61 Å². The molecule has 0 heterocycles. The van der Waals surface area contributed by atoms with Gasteiger partial charge in [-0.25, -0.2) is 0 Å². The van der Waals surface area contributed by atoms with Crippen molar-refractivity contribution in [2.24, 2.45) is 5.92 Å². The Hall–Kier alpha value is -1.51. The zero-order chi connectivity index (χ0) is 14.4. The summed E-state index contributed by atoms with van der Waals surface area (Å²) in [5.74, 6) is 0.575. The van der Waals surface area contributed by atoms with Gasteiger partial charge in [-0.1, -0.05) is 26.0 Å². The molecule has 3 nitrogen and oxygen atoms in total. The third-order valence-electron chi connectivity index (χ3n) is 2.80. The lowest BCUT2D eigenvalue weighted by atomic mass is 9.88. The van der Waals surface area contributed by atoms with E-state index in [0.717, 1.165) is 11.3 Å². The zero-order valence-electron chi connectivity index (χ0n) is 12.5. The van der Waals surface area contributed by atoms with E-state index in [2.05, 4.69) is 0 Å². The largest absolute Gasteiger partial charge is 0.491 e. The molecule has 0 spiro atoms. The lowest BCUT2D eigenvalue weighted by Crippen LogP contribution is -2.21. The molecule has 19 heavy (non-hydrogen) atoms. The van der Waals surface area contributed by atoms with E-state index in [1.807, 2.05) is 58.9 Å². The quantitative estimate of drug-likeness (QED) is 0.734. The maximum absolute atomic E-state index is 12.1. The highest BCUT2D eigenvalue weighted by molar-refractivity contribution is 5.78. The summed E-state index contributed by atoms with van der Waals surface area (Å²) < 4.78 is 10.8. The molecule has 0 saturated heterocycles. The van der Waals surface area contributed by atoms with E-state index in [1.165, 1.54) is 0 Å². The molecule has 0 saturated carbocycles. The van der Waals surface area contributed by atoms with Crippen LogP contribution < -0.4 is 4.74 Å². The first-order chi connectivity index (χ1) is 8.95. The van der Waals surface area contributed by atoms with E-state index in [1.54, 1.807) is 0 Å². The molecule has 0 fully saturated rings. The maximum Gasteiger partial charge on any atom is 0.313 e. The Morgan fingerprint density at radius 3 is 2.42 bits per heavy atom. The minimum Gasteiger partial charge on any atom is -0.491 e. The number of carbonyl (C=O) groups is 1. The predicted molar refractivity (Wildman–Crippen MR) is 76.4 cm³/mol. The number of hydrogen-bond donors (Lipinski definition) is 0. The summed E-state index contributed by atoms with van der Waals surface area (Å²) in [6.07, 6.45) is 0.121. The fourth-order valence-electron chi connectivity index (χ4n) is 2.08. The molecule has 0 radical (unpaired) electrons. The fraction of sp³-hybridized carbons (Fsp3) is 0.562. The van der Waals surface area contributed by atoms with Crippen molar-refractivity contribution in [1.29, 1.82) is 0 Å². The van der Waals surface area contributed by atoms with Gasteiger partial charge in [-0.15, -0.1) is 0 Å². The van der Waals surface area contributed by atoms with E-state index in [0.29, 0.717) is 6.61 Å². The molecule has 1 aromatic carbocycles. The van der Waals surface area contributed by atoms with Crippen LogP contribution in [-0.2, 0) is 9.53 Å². The van der Waals surface area contributed by atoms with Gasteiger partial charge < -0.3 is 9.47 Å². The maximum atomic E-state index is 12.1. The Labute approximate surface area is 115 Å². The van der Waals surface area contributed by atoms with Gasteiger partial charge in [-0.05, 0) is 44.4 Å². The Morgan fingerprint density at radius 2 is 1.89 bits per heavy atom. The SMILES string of the molecule is CCOC(=O)C(c1cccc(OC(C)C)c1)C(C)C. The van der Waals surface area contributed by atoms with Crippen LogP contribution in [-0.4, -0.2) is 18.7 Å². The van der Waals surface area contributed by atoms with Gasteiger partial charge >= 0.3 is 5.97 Å². The second kappa shape index (κ2) is 7.17. The van der Waals surface area contributed by atoms with Crippen molar-refractivity contribution in [1.82, 2.24) is 0 Å². The van der Waals surface area contributed by atoms with Crippen LogP contribution in [0.1, 0.15) is 46.1 Å². The Kier molecular flexibility index (Phi) is 5.87. The first-order valence-corrected chi connectivity index (χ1v) is 6.89. The highest BCUT2D eigenvalue weighted by Gasteiger charge is 2.25. The van der Waals surface area contributed by atoms with E-state index in [-0.39, 0.29) is 23.9 Å². The van der Waals surface area contributed by atoms with Crippen LogP contribution in [0.2, 0.25) is 0 Å². The van der Waals surface area contributed by atoms with Gasteiger partial charge in [-0.2, -0.15) is 0 Å². The molecule has 1 atom stereocenters. The summed E-state index contributed by atoms with van der Waals surface area (Å²) >= 11 is 0. The summed E-state index contributed by atoms with van der Waals surface area (Å²) in [6.45, 7) is 10.3. The van der Waals surface area contributed by atoms with Crippen molar-refractivity contribution in [3.05, 3.63) is 29.8 Å². The lowest BCUT2D eigenvalue weighted by Gasteiger charge is -2.20. The fourth-order valence-corrected chi connectivity index (χ4v) is 2.08. The monoisotopic (exact) mass is 264 g/mol. The van der Waals surface area contributed by atoms with E-state index < -0.39 is 0 Å². The number of rotatable bonds is 6. The molecule has 1 rings (SSSR count). The van der Waals surface area contributed by atoms with Crippen LogP contribution in [0.15, 0.2) is 24.3 Å². The molecule has 3 heteroatoms. The summed E-state index contributed by atoms with van der Waals surface area (Å²) in [5.41, 5.74) is 0.951. The van der Waals surface area contributed by atoms with Gasteiger partial charge in [0.1, 0.15) is 5.75 Å². The molecule has 0 aliphatic heterocycles. The average Bonchev–Trinajstić information content (AvgIpc) is 2.28. The topological polar surface area (TPSA) is 35.5 Å². The summed E-state index contributed by atoms with van der Waals surface area (Å²) in [5, 5.41) is 0. The number of carbonyl (C=O) groups excluding carboxylic acids is 1. The second-order valence-corrected chi connectivity index (χ2v) is 5.21. The minimum atomic E-state index is -0.240. The Bertz CT molecular complexity index is 410. The number of hydrogen-bond acceptors (Lipinski definition) is 3. The van der Waals surface area contributed by atoms with Crippen molar-refractivity contribution < 1.29 is 14.3 Å². The molecule has 1 unspecified atom stereocenters. The Balaban J connectivity index is 2.99. The normalized spacial score (nSPS) is 12.6. The van der Waals surface area contributed by atoms with Gasteiger partial charge in [0.05, 0.1) is 18.6 Å². The summed E-state index contributed by atoms with van der Waals surface area (Å²) in [4.78, 5) is 12.1. The van der Waals surface area contributed by atoms with Gasteiger partial charge in [0.2, 0.25) is 0 Å². The minimum absolute atomic E-state index is 0.121. The van der Waals surface area contributed by atoms with Crippen molar-refractivity contribution in [2.45, 2.75) is 46.6 Å². The van der Waals surface area contributed by atoms with Crippen LogP contribution in [0.4, 0.5) is 0 Å². The van der Waals surface area contributed by atoms with Crippen LogP contribution in [0.25, 0.3) is 0 Å². The molecule has 0 bridgehead atoms. The predicted octanol–water partition coefficient (Wildman–Crippen LogP) is 3.78. The first-order valence-electron chi connectivity index (χ1n) is 6.89. The van der Waals surface area contributed by atoms with Crippen LogP contribution >= 0.6 is 0 Å². The second-order valence-electron chi connectivity index (χ2n) is 5.21. The third kappa shape index (κ3) is 4.58. The van der Waals surface area contributed by atoms with Crippen LogP contribution in [0.3, 0.4) is 0 Å². The van der Waals surface area contributed by atoms with Crippen molar-refractivity contribution in [3.63, 3.8) is 0 Å². The molecule has 0 N–H and O–H groups in total. The Morgan fingerprint density at radius 1 is 1.21 bits per heavy atom. The van der Waals surface area contributed by atoms with E-state index in [9.17, 15) is 4.79 Å². The molecule has 0 amide bonds. The third-order valence-corrected chi connectivity index (χ3v) is 2.80. The molecule has 1 aromatic rings. The average molecular weight is 264 g/mol. The molecule has 0 aliphatic rings. The van der Waals surface area contributed by atoms with Crippen LogP contribution in [0.5, 0.6) is 5.75 Å². The summed E-state index contributed by atoms with van der Waals surface area (Å²) in [6, 6.07) is 7.71. The first kappa shape index (κ1) is 15.5. The van der Waals surface area contributed by atoms with Gasteiger partial charge in [-0.3, -0.25) is 4.79 Å². The summed E-state index contributed by atoms with van der Waals surface area (Å²) in [7, 11) is 0. The molecule has 106 valence electrons. The highest BCUT2D eigenvalue weighted by Crippen LogP contribution is 2.28. The van der Waals surface area contributed by atoms with Gasteiger partial charge in [0.15, 0.2) is 0 Å². The van der Waals surface area contributed by atoms with Crippen molar-refractivity contribution >= 4 is 5.97 Å². The van der Waals surface area contributed by atoms with Crippen molar-refractivity contribution in [3.8, 4) is 5.75 Å². The smallest absolute Gasteiger partial charge is 0.313 e. The van der Waals surface area contributed by atoms with Crippen LogP contribution in [0, 0.1) is 5.92 Å². The number of benzene rings is 1. The molecule has 0 aliphatic carbocycles. The molecular formula is C16H24O3. The standard InChI is InChI=1S/C16H24O3/c1-6-18-16(17)15(11(2)3)13-8-7-9-14(10-13)19-12(4)5/h7-12,15H,6H2,1-5H3. The zero-order valence-corrected chi connectivity index (χ0v) is 12.5. The van der Waals surface area contributed by atoms with E-state index >= 15 is 0 Å². The molecular weight excluding hydrogens is 240 g/mol. The molecule has 0 aromatic heterocycles. The number of ether oxygens (including phenoxy) is 2. The number of esters is 1.